The quantitative estimate of drug-likeness (QED) is 0.781. The van der Waals surface area contributed by atoms with Crippen molar-refractivity contribution in [3.05, 3.63) is 23.2 Å². The Labute approximate surface area is 152 Å². The Morgan fingerprint density at radius 1 is 1.40 bits per heavy atom. The molecule has 1 unspecified atom stereocenters. The summed E-state index contributed by atoms with van der Waals surface area (Å²) in [5.74, 6) is -1.13. The average molecular weight is 389 g/mol. The molecule has 0 aliphatic carbocycles. The second kappa shape index (κ2) is 8.16. The van der Waals surface area contributed by atoms with Crippen LogP contribution in [0, 0.1) is 5.92 Å². The van der Waals surface area contributed by atoms with Crippen LogP contribution in [0.3, 0.4) is 0 Å². The zero-order valence-electron chi connectivity index (χ0n) is 14.1. The van der Waals surface area contributed by atoms with Crippen LogP contribution in [0.4, 0.5) is 5.69 Å². The van der Waals surface area contributed by atoms with Crippen molar-refractivity contribution in [3.63, 3.8) is 0 Å². The number of rotatable bonds is 5. The molecule has 1 aromatic carbocycles. The van der Waals surface area contributed by atoms with Crippen molar-refractivity contribution >= 4 is 39.2 Å². The van der Waals surface area contributed by atoms with Crippen molar-refractivity contribution < 1.29 is 22.7 Å². The fourth-order valence-corrected chi connectivity index (χ4v) is 4.55. The number of benzene rings is 1. The first kappa shape index (κ1) is 19.7. The Morgan fingerprint density at radius 3 is 2.72 bits per heavy atom. The van der Waals surface area contributed by atoms with Gasteiger partial charge in [0.25, 0.3) is 0 Å². The molecule has 1 heterocycles. The van der Waals surface area contributed by atoms with Crippen LogP contribution in [0.2, 0.25) is 5.02 Å². The third kappa shape index (κ3) is 4.71. The van der Waals surface area contributed by atoms with E-state index in [9.17, 15) is 18.0 Å². The van der Waals surface area contributed by atoms with Crippen molar-refractivity contribution in [2.24, 2.45) is 5.92 Å². The molecule has 1 aliphatic heterocycles. The molecule has 9 heteroatoms. The first-order valence-electron chi connectivity index (χ1n) is 7.99. The van der Waals surface area contributed by atoms with Crippen LogP contribution in [0.1, 0.15) is 26.7 Å². The fourth-order valence-electron chi connectivity index (χ4n) is 2.71. The number of anilines is 1. The van der Waals surface area contributed by atoms with E-state index in [2.05, 4.69) is 5.32 Å². The maximum Gasteiger partial charge on any atom is 0.310 e. The number of piperidine rings is 1. The summed E-state index contributed by atoms with van der Waals surface area (Å²) in [5.41, 5.74) is 0.344. The summed E-state index contributed by atoms with van der Waals surface area (Å²) in [6, 6.07) is 4.14. The van der Waals surface area contributed by atoms with Gasteiger partial charge in [0.15, 0.2) is 0 Å². The van der Waals surface area contributed by atoms with E-state index in [1.807, 2.05) is 0 Å². The lowest BCUT2D eigenvalue weighted by Crippen LogP contribution is -2.42. The molecule has 0 radical (unpaired) electrons. The van der Waals surface area contributed by atoms with E-state index < -0.39 is 15.9 Å². The number of carbonyl (C=O) groups excluding carboxylic acids is 2. The predicted molar refractivity (Wildman–Crippen MR) is 93.9 cm³/mol. The molecule has 1 aromatic rings. The largest absolute Gasteiger partial charge is 0.466 e. The summed E-state index contributed by atoms with van der Waals surface area (Å²) < 4.78 is 31.9. The zero-order valence-corrected chi connectivity index (χ0v) is 15.7. The molecular formula is C16H21ClN2O5S. The highest BCUT2D eigenvalue weighted by Crippen LogP contribution is 2.29. The third-order valence-corrected chi connectivity index (χ3v) is 6.07. The molecule has 138 valence electrons. The van der Waals surface area contributed by atoms with Crippen molar-refractivity contribution in [1.82, 2.24) is 4.31 Å². The molecule has 25 heavy (non-hydrogen) atoms. The van der Waals surface area contributed by atoms with Crippen LogP contribution < -0.4 is 5.32 Å². The lowest BCUT2D eigenvalue weighted by atomic mass is 10.0. The molecule has 0 saturated carbocycles. The fraction of sp³-hybridized carbons (Fsp3) is 0.500. The molecule has 0 aromatic heterocycles. The third-order valence-electron chi connectivity index (χ3n) is 3.89. The van der Waals surface area contributed by atoms with E-state index in [1.54, 1.807) is 6.92 Å². The predicted octanol–water partition coefficient (Wildman–Crippen LogP) is 2.26. The standard InChI is InChI=1S/C16H21ClN2O5S/c1-3-24-16(21)12-5-4-8-19(10-12)25(22,23)13-6-7-15(14(17)9-13)18-11(2)20/h6-7,9,12H,3-5,8,10H2,1-2H3,(H,18,20). The number of hydrogen-bond acceptors (Lipinski definition) is 5. The van der Waals surface area contributed by atoms with Crippen molar-refractivity contribution in [2.75, 3.05) is 25.0 Å². The van der Waals surface area contributed by atoms with Gasteiger partial charge in [0, 0.05) is 20.0 Å². The van der Waals surface area contributed by atoms with Crippen LogP contribution in [-0.4, -0.2) is 44.3 Å². The topological polar surface area (TPSA) is 92.8 Å². The van der Waals surface area contributed by atoms with E-state index in [1.165, 1.54) is 29.4 Å². The van der Waals surface area contributed by atoms with Gasteiger partial charge in [-0.3, -0.25) is 9.59 Å². The maximum absolute atomic E-state index is 12.8. The molecular weight excluding hydrogens is 368 g/mol. The van der Waals surface area contributed by atoms with E-state index in [-0.39, 0.29) is 34.9 Å². The van der Waals surface area contributed by atoms with Gasteiger partial charge < -0.3 is 10.1 Å². The van der Waals surface area contributed by atoms with Crippen molar-refractivity contribution in [3.8, 4) is 0 Å². The van der Waals surface area contributed by atoms with E-state index >= 15 is 0 Å². The highest BCUT2D eigenvalue weighted by molar-refractivity contribution is 7.89. The molecule has 1 fully saturated rings. The number of amides is 1. The summed E-state index contributed by atoms with van der Waals surface area (Å²) in [4.78, 5) is 23.0. The van der Waals surface area contributed by atoms with Gasteiger partial charge in [-0.2, -0.15) is 4.31 Å². The van der Waals surface area contributed by atoms with Crippen LogP contribution in [-0.2, 0) is 24.3 Å². The molecule has 0 bridgehead atoms. The molecule has 1 atom stereocenters. The Hall–Kier alpha value is -1.64. The molecule has 2 rings (SSSR count). The van der Waals surface area contributed by atoms with Gasteiger partial charge >= 0.3 is 5.97 Å². The number of hydrogen-bond donors (Lipinski definition) is 1. The minimum atomic E-state index is -3.78. The van der Waals surface area contributed by atoms with Gasteiger partial charge in [0.05, 0.1) is 28.1 Å². The van der Waals surface area contributed by atoms with Crippen LogP contribution >= 0.6 is 11.6 Å². The van der Waals surface area contributed by atoms with Gasteiger partial charge in [0.2, 0.25) is 15.9 Å². The SMILES string of the molecule is CCOC(=O)C1CCCN(S(=O)(=O)c2ccc(NC(C)=O)c(Cl)c2)C1. The first-order valence-corrected chi connectivity index (χ1v) is 9.81. The smallest absolute Gasteiger partial charge is 0.310 e. The normalized spacial score (nSPS) is 18.6. The highest BCUT2D eigenvalue weighted by atomic mass is 35.5. The minimum Gasteiger partial charge on any atom is -0.466 e. The molecule has 1 N–H and O–H groups in total. The van der Waals surface area contributed by atoms with E-state index in [0.29, 0.717) is 25.1 Å². The van der Waals surface area contributed by atoms with Crippen LogP contribution in [0.25, 0.3) is 0 Å². The highest BCUT2D eigenvalue weighted by Gasteiger charge is 2.34. The zero-order chi connectivity index (χ0) is 18.6. The van der Waals surface area contributed by atoms with E-state index in [4.69, 9.17) is 16.3 Å². The average Bonchev–Trinajstić information content (AvgIpc) is 2.56. The number of halogens is 1. The molecule has 1 saturated heterocycles. The molecule has 0 spiro atoms. The second-order valence-corrected chi connectivity index (χ2v) is 8.12. The summed E-state index contributed by atoms with van der Waals surface area (Å²) in [5, 5.41) is 2.66. The number of carbonyl (C=O) groups is 2. The number of esters is 1. The second-order valence-electron chi connectivity index (χ2n) is 5.78. The molecule has 1 aliphatic rings. The first-order chi connectivity index (χ1) is 11.8. The Morgan fingerprint density at radius 2 is 2.12 bits per heavy atom. The van der Waals surface area contributed by atoms with Gasteiger partial charge in [-0.1, -0.05) is 11.6 Å². The minimum absolute atomic E-state index is 0.0242. The number of ether oxygens (including phenoxy) is 1. The number of nitrogens with zero attached hydrogens (tertiary/aromatic N) is 1. The Kier molecular flexibility index (Phi) is 6.42. The van der Waals surface area contributed by atoms with Crippen LogP contribution in [0.5, 0.6) is 0 Å². The number of nitrogens with one attached hydrogen (secondary N) is 1. The van der Waals surface area contributed by atoms with Gasteiger partial charge in [-0.15, -0.1) is 0 Å². The summed E-state index contributed by atoms with van der Waals surface area (Å²) in [6.45, 7) is 3.75. The monoisotopic (exact) mass is 388 g/mol. The van der Waals surface area contributed by atoms with Crippen LogP contribution in [0.15, 0.2) is 23.1 Å². The van der Waals surface area contributed by atoms with E-state index in [0.717, 1.165) is 0 Å². The lowest BCUT2D eigenvalue weighted by molar-refractivity contribution is -0.149. The summed E-state index contributed by atoms with van der Waals surface area (Å²) in [7, 11) is -3.78. The summed E-state index contributed by atoms with van der Waals surface area (Å²) >= 11 is 6.07. The Bertz CT molecular complexity index is 766. The Balaban J connectivity index is 2.21. The summed E-state index contributed by atoms with van der Waals surface area (Å²) in [6.07, 6.45) is 1.19. The van der Waals surface area contributed by atoms with Gasteiger partial charge in [0.1, 0.15) is 0 Å². The van der Waals surface area contributed by atoms with Gasteiger partial charge in [-0.25, -0.2) is 8.42 Å². The lowest BCUT2D eigenvalue weighted by Gasteiger charge is -2.30. The van der Waals surface area contributed by atoms with Crippen molar-refractivity contribution in [1.29, 1.82) is 0 Å². The van der Waals surface area contributed by atoms with Crippen molar-refractivity contribution in [2.45, 2.75) is 31.6 Å². The molecule has 7 nitrogen and oxygen atoms in total. The maximum atomic E-state index is 12.8. The molecule has 1 amide bonds. The van der Waals surface area contributed by atoms with Gasteiger partial charge in [-0.05, 0) is 38.0 Å². The number of sulfonamides is 1.